The van der Waals surface area contributed by atoms with Crippen LogP contribution in [0.3, 0.4) is 0 Å². The summed E-state index contributed by atoms with van der Waals surface area (Å²) >= 11 is 0. The smallest absolute Gasteiger partial charge is 0.184 e. The van der Waals surface area contributed by atoms with Gasteiger partial charge in [0.15, 0.2) is 6.29 Å². The van der Waals surface area contributed by atoms with Gasteiger partial charge in [-0.15, -0.1) is 0 Å². The molecule has 0 aliphatic carbocycles. The Balaban J connectivity index is 2.76. The number of carboxylic acids is 1. The summed E-state index contributed by atoms with van der Waals surface area (Å²) < 4.78 is 4.28. The van der Waals surface area contributed by atoms with Crippen LogP contribution >= 0.6 is 0 Å². The number of aliphatic hydroxyl groups excluding tert-OH is 4. The Hall–Kier alpha value is -0.730. The zero-order valence-corrected chi connectivity index (χ0v) is 6.40. The Morgan fingerprint density at radius 1 is 1.08 bits per heavy atom. The van der Waals surface area contributed by atoms with Crippen molar-refractivity contribution in [2.75, 3.05) is 0 Å². The van der Waals surface area contributed by atoms with Crippen LogP contribution in [0.5, 0.6) is 0 Å². The maximum absolute atomic E-state index is 10.3. The van der Waals surface area contributed by atoms with E-state index in [0.717, 1.165) is 0 Å². The highest BCUT2D eigenvalue weighted by Gasteiger charge is 2.43. The number of carbonyl (C=O) groups is 1. The first-order valence-electron chi connectivity index (χ1n) is 3.53. The number of hydrogen-bond donors (Lipinski definition) is 4. The van der Waals surface area contributed by atoms with E-state index in [-0.39, 0.29) is 0 Å². The molecule has 0 bridgehead atoms. The van der Waals surface area contributed by atoms with E-state index < -0.39 is 36.7 Å². The molecular formula is C6H9O7-. The molecule has 7 heteroatoms. The van der Waals surface area contributed by atoms with Crippen LogP contribution in [0.2, 0.25) is 0 Å². The van der Waals surface area contributed by atoms with E-state index in [9.17, 15) is 9.90 Å². The van der Waals surface area contributed by atoms with Crippen LogP contribution in [0.15, 0.2) is 0 Å². The Bertz CT molecular complexity index is 205. The summed E-state index contributed by atoms with van der Waals surface area (Å²) in [6.45, 7) is 0. The number of carboxylic acid groups (broad SMARTS) is 1. The first kappa shape index (κ1) is 10.4. The fourth-order valence-electron chi connectivity index (χ4n) is 1.06. The van der Waals surface area contributed by atoms with Crippen LogP contribution in [-0.2, 0) is 9.53 Å². The molecule has 13 heavy (non-hydrogen) atoms. The molecule has 1 aliphatic heterocycles. The first-order chi connectivity index (χ1) is 5.95. The third-order valence-electron chi connectivity index (χ3n) is 1.82. The molecule has 0 radical (unpaired) electrons. The highest BCUT2D eigenvalue weighted by atomic mass is 16.6. The molecule has 1 rings (SSSR count). The van der Waals surface area contributed by atoms with Gasteiger partial charge in [-0.05, 0) is 0 Å². The highest BCUT2D eigenvalue weighted by molar-refractivity contribution is 5.71. The van der Waals surface area contributed by atoms with Gasteiger partial charge >= 0.3 is 0 Å². The van der Waals surface area contributed by atoms with Crippen molar-refractivity contribution in [3.8, 4) is 0 Å². The van der Waals surface area contributed by atoms with Crippen molar-refractivity contribution >= 4 is 5.97 Å². The number of rotatable bonds is 1. The molecule has 1 fully saturated rings. The predicted octanol–water partition coefficient (Wildman–Crippen LogP) is -4.46. The standard InChI is InChI=1S/C6H10O7/c7-1-2(8)4(5(10)11)13-6(12)3(1)9/h1-4,6-9,12H,(H,10,11)/p-1/t1-,2-,3-,4-,6?/m0/s1. The molecule has 1 saturated heterocycles. The Labute approximate surface area is 72.8 Å². The SMILES string of the molecule is O=C([O-])[C@H]1OC(O)[C@@H](O)[C@@H](O)[C@@H]1O. The van der Waals surface area contributed by atoms with Gasteiger partial charge in [-0.2, -0.15) is 0 Å². The van der Waals surface area contributed by atoms with E-state index in [4.69, 9.17) is 20.4 Å². The van der Waals surface area contributed by atoms with Gasteiger partial charge in [0.1, 0.15) is 24.4 Å². The number of ether oxygens (including phenoxy) is 1. The van der Waals surface area contributed by atoms with Gasteiger partial charge in [0, 0.05) is 0 Å². The van der Waals surface area contributed by atoms with E-state index >= 15 is 0 Å². The fraction of sp³-hybridized carbons (Fsp3) is 0.833. The molecule has 1 aliphatic rings. The summed E-state index contributed by atoms with van der Waals surface area (Å²) in [4.78, 5) is 10.3. The zero-order valence-electron chi connectivity index (χ0n) is 6.40. The average molecular weight is 193 g/mol. The van der Waals surface area contributed by atoms with Crippen molar-refractivity contribution < 1.29 is 35.1 Å². The number of carbonyl (C=O) groups excluding carboxylic acids is 1. The van der Waals surface area contributed by atoms with Crippen molar-refractivity contribution in [3.05, 3.63) is 0 Å². The third-order valence-corrected chi connectivity index (χ3v) is 1.82. The molecule has 0 amide bonds. The summed E-state index contributed by atoms with van der Waals surface area (Å²) in [5.41, 5.74) is 0. The van der Waals surface area contributed by atoms with Crippen LogP contribution in [0.1, 0.15) is 0 Å². The molecule has 7 nitrogen and oxygen atoms in total. The van der Waals surface area contributed by atoms with Crippen molar-refractivity contribution in [1.29, 1.82) is 0 Å². The normalized spacial score (nSPS) is 46.0. The van der Waals surface area contributed by atoms with E-state index in [2.05, 4.69) is 4.74 Å². The summed E-state index contributed by atoms with van der Waals surface area (Å²) in [7, 11) is 0. The van der Waals surface area contributed by atoms with Crippen LogP contribution in [0.4, 0.5) is 0 Å². The Morgan fingerprint density at radius 2 is 1.62 bits per heavy atom. The Morgan fingerprint density at radius 3 is 2.08 bits per heavy atom. The van der Waals surface area contributed by atoms with E-state index in [1.54, 1.807) is 0 Å². The van der Waals surface area contributed by atoms with Crippen LogP contribution in [0.25, 0.3) is 0 Å². The third kappa shape index (κ3) is 1.79. The summed E-state index contributed by atoms with van der Waals surface area (Å²) in [6.07, 6.45) is -9.00. The van der Waals surface area contributed by atoms with Gasteiger partial charge in [-0.1, -0.05) is 0 Å². The molecule has 0 aromatic rings. The molecule has 0 saturated carbocycles. The predicted molar refractivity (Wildman–Crippen MR) is 33.9 cm³/mol. The first-order valence-corrected chi connectivity index (χ1v) is 3.53. The summed E-state index contributed by atoms with van der Waals surface area (Å²) in [5.74, 6) is -1.77. The molecule has 5 atom stereocenters. The lowest BCUT2D eigenvalue weighted by atomic mass is 9.99. The molecule has 0 aromatic heterocycles. The average Bonchev–Trinajstić information content (AvgIpc) is 2.07. The highest BCUT2D eigenvalue weighted by Crippen LogP contribution is 2.19. The molecule has 1 unspecified atom stereocenters. The van der Waals surface area contributed by atoms with Gasteiger partial charge < -0.3 is 35.1 Å². The molecule has 4 N–H and O–H groups in total. The summed E-state index contributed by atoms with van der Waals surface area (Å²) in [5, 5.41) is 46.1. The second kappa shape index (κ2) is 3.56. The largest absolute Gasteiger partial charge is 0.547 e. The minimum Gasteiger partial charge on any atom is -0.547 e. The lowest BCUT2D eigenvalue weighted by Gasteiger charge is -2.38. The van der Waals surface area contributed by atoms with Crippen LogP contribution in [-0.4, -0.2) is 57.1 Å². The van der Waals surface area contributed by atoms with E-state index in [1.807, 2.05) is 0 Å². The maximum Gasteiger partial charge on any atom is 0.184 e. The van der Waals surface area contributed by atoms with Gasteiger partial charge in [-0.25, -0.2) is 0 Å². The van der Waals surface area contributed by atoms with Crippen molar-refractivity contribution in [3.63, 3.8) is 0 Å². The van der Waals surface area contributed by atoms with Crippen molar-refractivity contribution in [2.24, 2.45) is 0 Å². The van der Waals surface area contributed by atoms with E-state index in [1.165, 1.54) is 0 Å². The van der Waals surface area contributed by atoms with Crippen molar-refractivity contribution in [1.82, 2.24) is 0 Å². The lowest BCUT2D eigenvalue weighted by molar-refractivity contribution is -0.345. The fourth-order valence-corrected chi connectivity index (χ4v) is 1.06. The monoisotopic (exact) mass is 193 g/mol. The van der Waals surface area contributed by atoms with Crippen LogP contribution in [0, 0.1) is 0 Å². The summed E-state index contributed by atoms with van der Waals surface area (Å²) in [6, 6.07) is 0. The van der Waals surface area contributed by atoms with E-state index in [0.29, 0.717) is 0 Å². The molecular weight excluding hydrogens is 184 g/mol. The minimum absolute atomic E-state index is 1.73. The minimum atomic E-state index is -1.85. The zero-order chi connectivity index (χ0) is 10.2. The number of aliphatic hydroxyl groups is 4. The lowest BCUT2D eigenvalue weighted by Crippen LogP contribution is -2.62. The van der Waals surface area contributed by atoms with Gasteiger partial charge in [0.2, 0.25) is 0 Å². The molecule has 1 heterocycles. The van der Waals surface area contributed by atoms with Gasteiger partial charge in [0.25, 0.3) is 0 Å². The molecule has 0 spiro atoms. The topological polar surface area (TPSA) is 130 Å². The van der Waals surface area contributed by atoms with Crippen molar-refractivity contribution in [2.45, 2.75) is 30.7 Å². The number of aliphatic carboxylic acids is 1. The molecule has 76 valence electrons. The second-order valence-electron chi connectivity index (χ2n) is 2.74. The second-order valence-corrected chi connectivity index (χ2v) is 2.74. The molecule has 0 aromatic carbocycles. The maximum atomic E-state index is 10.3. The van der Waals surface area contributed by atoms with Gasteiger partial charge in [-0.3, -0.25) is 0 Å². The van der Waals surface area contributed by atoms with Crippen LogP contribution < -0.4 is 5.11 Å². The quantitative estimate of drug-likeness (QED) is 0.330. The number of hydrogen-bond acceptors (Lipinski definition) is 7. The Kier molecular flexibility index (Phi) is 2.84. The van der Waals surface area contributed by atoms with Gasteiger partial charge in [0.05, 0.1) is 5.97 Å².